The summed E-state index contributed by atoms with van der Waals surface area (Å²) < 4.78 is 47.0. The van der Waals surface area contributed by atoms with Gasteiger partial charge in [0.05, 0.1) is 31.2 Å². The van der Waals surface area contributed by atoms with Crippen molar-refractivity contribution in [3.63, 3.8) is 0 Å². The van der Waals surface area contributed by atoms with E-state index in [1.165, 1.54) is 41.9 Å². The second kappa shape index (κ2) is 16.6. The highest BCUT2D eigenvalue weighted by Gasteiger charge is 2.74. The number of methoxy groups -OCH3 is 2. The minimum atomic E-state index is -1.33. The van der Waals surface area contributed by atoms with E-state index in [1.54, 1.807) is 0 Å². The maximum atomic E-state index is 14.7. The molecule has 5 aliphatic carbocycles. The Hall–Kier alpha value is -3.52. The highest BCUT2D eigenvalue weighted by atomic mass is 16.7. The monoisotopic (exact) mass is 844 g/mol. The normalized spacial score (nSPS) is 42.9. The molecule has 6 aliphatic rings. The van der Waals surface area contributed by atoms with Gasteiger partial charge in [0.2, 0.25) is 0 Å². The second-order valence-electron chi connectivity index (χ2n) is 19.9. The van der Waals surface area contributed by atoms with Crippen LogP contribution in [0.1, 0.15) is 127 Å². The molecule has 0 amide bonds. The first kappa shape index (κ1) is 46.0. The average molecular weight is 845 g/mol. The summed E-state index contributed by atoms with van der Waals surface area (Å²) in [6, 6.07) is 0. The lowest BCUT2D eigenvalue weighted by Crippen LogP contribution is -2.68. The zero-order valence-corrected chi connectivity index (χ0v) is 37.7. The fourth-order valence-electron chi connectivity index (χ4n) is 14.0. The molecule has 336 valence electrons. The molecule has 0 bridgehead atoms. The zero-order valence-electron chi connectivity index (χ0n) is 37.7. The summed E-state index contributed by atoms with van der Waals surface area (Å²) in [6.45, 7) is 18.0. The number of hydrogen-bond acceptors (Lipinski definition) is 14. The first-order valence-electron chi connectivity index (χ1n) is 21.9. The molecular formula is C46H68O14. The van der Waals surface area contributed by atoms with E-state index in [2.05, 4.69) is 47.6 Å². The van der Waals surface area contributed by atoms with Gasteiger partial charge in [0.1, 0.15) is 12.7 Å². The predicted molar refractivity (Wildman–Crippen MR) is 214 cm³/mol. The van der Waals surface area contributed by atoms with Crippen molar-refractivity contribution in [2.24, 2.45) is 56.7 Å². The molecule has 0 aromatic carbocycles. The van der Waals surface area contributed by atoms with Gasteiger partial charge < -0.3 is 37.9 Å². The lowest BCUT2D eigenvalue weighted by molar-refractivity contribution is -0.333. The largest absolute Gasteiger partial charge is 0.469 e. The molecule has 5 fully saturated rings. The van der Waals surface area contributed by atoms with Gasteiger partial charge in [-0.15, -0.1) is 0 Å². The molecule has 60 heavy (non-hydrogen) atoms. The van der Waals surface area contributed by atoms with Crippen LogP contribution in [-0.4, -0.2) is 93.5 Å². The van der Waals surface area contributed by atoms with E-state index in [-0.39, 0.29) is 47.6 Å². The van der Waals surface area contributed by atoms with E-state index in [4.69, 9.17) is 37.9 Å². The number of hydrogen-bond donors (Lipinski definition) is 0. The molecule has 1 aliphatic heterocycles. The van der Waals surface area contributed by atoms with Crippen LogP contribution in [0.5, 0.6) is 0 Å². The van der Waals surface area contributed by atoms with E-state index in [0.717, 1.165) is 44.1 Å². The SMILES string of the molecule is COC(=O)C12CCC(C)C(C)C1C1=CCC3C4(C)CCC(OC5OC(COC(C)=O)C(OC(C)=O)C(OC(C)=O)C5OC(C)=O)C(C)(C)C4CCC3(C)C1(C(=O)OC)CC2. The van der Waals surface area contributed by atoms with Gasteiger partial charge >= 0.3 is 35.8 Å². The third kappa shape index (κ3) is 7.26. The van der Waals surface area contributed by atoms with Crippen molar-refractivity contribution < 1.29 is 66.7 Å². The molecular weight excluding hydrogens is 776 g/mol. The predicted octanol–water partition coefficient (Wildman–Crippen LogP) is 6.44. The van der Waals surface area contributed by atoms with E-state index >= 15 is 0 Å². The Morgan fingerprint density at radius 2 is 1.32 bits per heavy atom. The number of ether oxygens (including phenoxy) is 8. The van der Waals surface area contributed by atoms with Gasteiger partial charge in [0.25, 0.3) is 0 Å². The highest BCUT2D eigenvalue weighted by molar-refractivity contribution is 5.86. The number of rotatable bonds is 9. The molecule has 15 unspecified atom stereocenters. The smallest absolute Gasteiger partial charge is 0.316 e. The van der Waals surface area contributed by atoms with Gasteiger partial charge in [-0.2, -0.15) is 0 Å². The number of allylic oxidation sites excluding steroid dienone is 1. The van der Waals surface area contributed by atoms with Crippen molar-refractivity contribution in [3.05, 3.63) is 11.6 Å². The number of carbonyl (C=O) groups is 6. The summed E-state index contributed by atoms with van der Waals surface area (Å²) in [7, 11) is 2.97. The summed E-state index contributed by atoms with van der Waals surface area (Å²) in [5, 5.41) is 0. The maximum Gasteiger partial charge on any atom is 0.316 e. The topological polar surface area (TPSA) is 176 Å². The summed E-state index contributed by atoms with van der Waals surface area (Å²) in [5.74, 6) is -2.47. The third-order valence-corrected chi connectivity index (χ3v) is 16.7. The lowest BCUT2D eigenvalue weighted by atomic mass is 9.33. The molecule has 4 saturated carbocycles. The van der Waals surface area contributed by atoms with Crippen LogP contribution in [-0.2, 0) is 66.7 Å². The molecule has 0 N–H and O–H groups in total. The molecule has 0 aromatic heterocycles. The van der Waals surface area contributed by atoms with Crippen molar-refractivity contribution >= 4 is 35.8 Å². The van der Waals surface area contributed by atoms with Crippen LogP contribution in [0.4, 0.5) is 0 Å². The van der Waals surface area contributed by atoms with Crippen molar-refractivity contribution in [1.82, 2.24) is 0 Å². The summed E-state index contributed by atoms with van der Waals surface area (Å²) in [4.78, 5) is 77.9. The van der Waals surface area contributed by atoms with Gasteiger partial charge in [-0.1, -0.05) is 53.2 Å². The van der Waals surface area contributed by atoms with Crippen molar-refractivity contribution in [1.29, 1.82) is 0 Å². The van der Waals surface area contributed by atoms with Crippen LogP contribution in [0, 0.1) is 56.7 Å². The molecule has 1 heterocycles. The van der Waals surface area contributed by atoms with Gasteiger partial charge in [0, 0.05) is 27.7 Å². The summed E-state index contributed by atoms with van der Waals surface area (Å²) in [6.07, 6.45) is 1.93. The van der Waals surface area contributed by atoms with Gasteiger partial charge in [-0.3, -0.25) is 28.8 Å². The quantitative estimate of drug-likeness (QED) is 0.107. The molecule has 0 spiro atoms. The summed E-state index contributed by atoms with van der Waals surface area (Å²) >= 11 is 0. The van der Waals surface area contributed by atoms with Gasteiger partial charge in [-0.25, -0.2) is 0 Å². The molecule has 14 heteroatoms. The molecule has 1 saturated heterocycles. The highest BCUT2D eigenvalue weighted by Crippen LogP contribution is 2.76. The minimum Gasteiger partial charge on any atom is -0.469 e. The Balaban J connectivity index is 1.36. The van der Waals surface area contributed by atoms with Crippen LogP contribution in [0.15, 0.2) is 11.6 Å². The Morgan fingerprint density at radius 1 is 0.700 bits per heavy atom. The Bertz CT molecular complexity index is 1750. The van der Waals surface area contributed by atoms with Crippen LogP contribution in [0.2, 0.25) is 0 Å². The average Bonchev–Trinajstić information content (AvgIpc) is 3.17. The van der Waals surface area contributed by atoms with Crippen LogP contribution >= 0.6 is 0 Å². The van der Waals surface area contributed by atoms with Gasteiger partial charge in [-0.05, 0) is 104 Å². The van der Waals surface area contributed by atoms with E-state index in [0.29, 0.717) is 25.2 Å². The van der Waals surface area contributed by atoms with E-state index < -0.39 is 82.3 Å². The first-order chi connectivity index (χ1) is 28.0. The van der Waals surface area contributed by atoms with Crippen molar-refractivity contribution in [2.45, 2.75) is 164 Å². The number of carbonyl (C=O) groups excluding carboxylic acids is 6. The van der Waals surface area contributed by atoms with Crippen molar-refractivity contribution in [2.75, 3.05) is 20.8 Å². The standard InChI is InChI=1S/C46H68O14/c1-24-15-20-45(40(51)53-11)21-22-46(41(52)54-12)30(35(45)25(24)2)13-14-33-43(9)18-17-34(42(7,8)32(43)16-19-44(33,46)10)60-39-38(58-29(6)50)37(57-28(5)49)36(56-27(4)48)31(59-39)23-55-26(3)47/h13,24-25,31-39H,14-23H2,1-12H3. The first-order valence-corrected chi connectivity index (χ1v) is 21.9. The van der Waals surface area contributed by atoms with Crippen LogP contribution in [0.3, 0.4) is 0 Å². The second-order valence-corrected chi connectivity index (χ2v) is 19.9. The zero-order chi connectivity index (χ0) is 44.3. The number of fused-ring (bicyclic) bond motifs is 7. The van der Waals surface area contributed by atoms with E-state index in [1.807, 2.05) is 0 Å². The minimum absolute atomic E-state index is 0.0967. The Kier molecular flexibility index (Phi) is 12.8. The van der Waals surface area contributed by atoms with Gasteiger partial charge in [0.15, 0.2) is 24.6 Å². The maximum absolute atomic E-state index is 14.7. The fourth-order valence-corrected chi connectivity index (χ4v) is 14.0. The molecule has 14 nitrogen and oxygen atoms in total. The fraction of sp³-hybridized carbons (Fsp3) is 0.826. The van der Waals surface area contributed by atoms with Crippen LogP contribution < -0.4 is 0 Å². The summed E-state index contributed by atoms with van der Waals surface area (Å²) in [5.41, 5.74) is -1.72. The van der Waals surface area contributed by atoms with Crippen LogP contribution in [0.25, 0.3) is 0 Å². The van der Waals surface area contributed by atoms with E-state index in [9.17, 15) is 28.8 Å². The molecule has 0 aromatic rings. The molecule has 15 atom stereocenters. The Labute approximate surface area is 354 Å². The number of esters is 6. The lowest BCUT2D eigenvalue weighted by Gasteiger charge is -2.71. The molecule has 6 rings (SSSR count). The Morgan fingerprint density at radius 3 is 1.92 bits per heavy atom. The molecule has 0 radical (unpaired) electrons. The van der Waals surface area contributed by atoms with Crippen molar-refractivity contribution in [3.8, 4) is 0 Å². The third-order valence-electron chi connectivity index (χ3n) is 16.7.